The first-order valence-corrected chi connectivity index (χ1v) is 5.40. The molecule has 3 heterocycles. The van der Waals surface area contributed by atoms with E-state index in [0.717, 1.165) is 30.8 Å². The van der Waals surface area contributed by atoms with Crippen molar-refractivity contribution < 1.29 is 4.74 Å². The molecule has 0 radical (unpaired) electrons. The van der Waals surface area contributed by atoms with Gasteiger partial charge in [-0.1, -0.05) is 6.07 Å². The van der Waals surface area contributed by atoms with Crippen LogP contribution in [-0.4, -0.2) is 16.0 Å². The lowest BCUT2D eigenvalue weighted by Crippen LogP contribution is -1.94. The topological polar surface area (TPSA) is 26.5 Å². The summed E-state index contributed by atoms with van der Waals surface area (Å²) in [6, 6.07) is 4.13. The average molecular weight is 202 g/mol. The Morgan fingerprint density at radius 2 is 2.33 bits per heavy atom. The second kappa shape index (κ2) is 3.35. The lowest BCUT2D eigenvalue weighted by molar-refractivity contribution is 0.109. The van der Waals surface area contributed by atoms with E-state index in [9.17, 15) is 0 Å². The highest BCUT2D eigenvalue weighted by Crippen LogP contribution is 2.27. The second-order valence-electron chi connectivity index (χ2n) is 4.14. The molecule has 2 aromatic rings. The summed E-state index contributed by atoms with van der Waals surface area (Å²) < 4.78 is 7.70. The van der Waals surface area contributed by atoms with Crippen LogP contribution in [0.4, 0.5) is 0 Å². The molecule has 1 unspecified atom stereocenters. The molecule has 0 aromatic carbocycles. The van der Waals surface area contributed by atoms with Gasteiger partial charge in [-0.05, 0) is 31.4 Å². The summed E-state index contributed by atoms with van der Waals surface area (Å²) in [5.41, 5.74) is 3.32. The number of nitrogens with zero attached hydrogens (tertiary/aromatic N) is 2. The van der Waals surface area contributed by atoms with Crippen LogP contribution in [0.3, 0.4) is 0 Å². The number of fused-ring (bicyclic) bond motifs is 1. The molecule has 1 atom stereocenters. The fourth-order valence-corrected chi connectivity index (χ4v) is 2.09. The van der Waals surface area contributed by atoms with E-state index in [0.29, 0.717) is 0 Å². The molecule has 0 amide bonds. The van der Waals surface area contributed by atoms with Crippen LogP contribution < -0.4 is 0 Å². The summed E-state index contributed by atoms with van der Waals surface area (Å²) in [7, 11) is 0. The van der Waals surface area contributed by atoms with Gasteiger partial charge in [-0.15, -0.1) is 0 Å². The van der Waals surface area contributed by atoms with Crippen molar-refractivity contribution in [2.45, 2.75) is 25.9 Å². The molecular formula is C12H14N2O. The van der Waals surface area contributed by atoms with Gasteiger partial charge in [-0.25, -0.2) is 4.98 Å². The molecule has 2 aromatic heterocycles. The van der Waals surface area contributed by atoms with Crippen molar-refractivity contribution in [3.8, 4) is 0 Å². The minimum atomic E-state index is 0.213. The third-order valence-corrected chi connectivity index (χ3v) is 2.88. The predicted octanol–water partition coefficient (Wildman–Crippen LogP) is 2.49. The number of rotatable bonds is 1. The monoisotopic (exact) mass is 202 g/mol. The van der Waals surface area contributed by atoms with Crippen molar-refractivity contribution in [1.82, 2.24) is 9.38 Å². The van der Waals surface area contributed by atoms with Crippen molar-refractivity contribution in [2.24, 2.45) is 0 Å². The zero-order chi connectivity index (χ0) is 10.3. The van der Waals surface area contributed by atoms with Crippen LogP contribution in [0.1, 0.15) is 30.2 Å². The predicted molar refractivity (Wildman–Crippen MR) is 57.9 cm³/mol. The summed E-state index contributed by atoms with van der Waals surface area (Å²) in [4.78, 5) is 4.57. The second-order valence-corrected chi connectivity index (χ2v) is 4.14. The van der Waals surface area contributed by atoms with Crippen LogP contribution in [0.2, 0.25) is 0 Å². The van der Waals surface area contributed by atoms with Crippen LogP contribution in [0.5, 0.6) is 0 Å². The summed E-state index contributed by atoms with van der Waals surface area (Å²) in [5.74, 6) is 0. The average Bonchev–Trinajstić information content (AvgIpc) is 2.84. The molecule has 1 saturated heterocycles. The zero-order valence-electron chi connectivity index (χ0n) is 8.81. The molecular weight excluding hydrogens is 188 g/mol. The number of hydrogen-bond acceptors (Lipinski definition) is 2. The zero-order valence-corrected chi connectivity index (χ0v) is 8.81. The van der Waals surface area contributed by atoms with Crippen LogP contribution in [0.25, 0.3) is 5.65 Å². The Morgan fingerprint density at radius 1 is 1.40 bits per heavy atom. The SMILES string of the molecule is Cc1ccc2nc(C3CCCO3)cn2c1. The van der Waals surface area contributed by atoms with Crippen molar-refractivity contribution in [2.75, 3.05) is 6.61 Å². The first kappa shape index (κ1) is 8.92. The number of imidazole rings is 1. The Balaban J connectivity index is 2.05. The highest BCUT2D eigenvalue weighted by molar-refractivity contribution is 5.41. The van der Waals surface area contributed by atoms with E-state index < -0.39 is 0 Å². The third-order valence-electron chi connectivity index (χ3n) is 2.88. The first-order chi connectivity index (χ1) is 7.33. The van der Waals surface area contributed by atoms with E-state index in [1.165, 1.54) is 5.56 Å². The minimum Gasteiger partial charge on any atom is -0.372 e. The Labute approximate surface area is 88.7 Å². The molecule has 1 aliphatic rings. The van der Waals surface area contributed by atoms with Crippen LogP contribution in [-0.2, 0) is 4.74 Å². The van der Waals surface area contributed by atoms with E-state index in [4.69, 9.17) is 4.74 Å². The summed E-state index contributed by atoms with van der Waals surface area (Å²) in [5, 5.41) is 0. The fraction of sp³-hybridized carbons (Fsp3) is 0.417. The van der Waals surface area contributed by atoms with Gasteiger partial charge in [0.1, 0.15) is 11.8 Å². The van der Waals surface area contributed by atoms with Gasteiger partial charge in [0.2, 0.25) is 0 Å². The Bertz CT molecular complexity index is 483. The van der Waals surface area contributed by atoms with E-state index >= 15 is 0 Å². The maximum absolute atomic E-state index is 5.62. The molecule has 0 N–H and O–H groups in total. The molecule has 0 aliphatic carbocycles. The molecule has 1 aliphatic heterocycles. The van der Waals surface area contributed by atoms with Crippen molar-refractivity contribution >= 4 is 5.65 Å². The molecule has 1 fully saturated rings. The fourth-order valence-electron chi connectivity index (χ4n) is 2.09. The maximum atomic E-state index is 5.62. The Morgan fingerprint density at radius 3 is 3.13 bits per heavy atom. The third kappa shape index (κ3) is 1.53. The summed E-state index contributed by atoms with van der Waals surface area (Å²) in [6.45, 7) is 2.96. The lowest BCUT2D eigenvalue weighted by atomic mass is 10.2. The number of hydrogen-bond donors (Lipinski definition) is 0. The quantitative estimate of drug-likeness (QED) is 0.710. The molecule has 3 heteroatoms. The van der Waals surface area contributed by atoms with E-state index in [1.807, 2.05) is 6.07 Å². The van der Waals surface area contributed by atoms with Gasteiger partial charge in [0, 0.05) is 19.0 Å². The molecule has 0 saturated carbocycles. The number of aromatic nitrogens is 2. The van der Waals surface area contributed by atoms with E-state index in [2.05, 4.69) is 34.8 Å². The van der Waals surface area contributed by atoms with Crippen molar-refractivity contribution in [3.63, 3.8) is 0 Å². The number of pyridine rings is 1. The van der Waals surface area contributed by atoms with Gasteiger partial charge in [0.25, 0.3) is 0 Å². The Kier molecular flexibility index (Phi) is 1.99. The molecule has 3 nitrogen and oxygen atoms in total. The Hall–Kier alpha value is -1.35. The van der Waals surface area contributed by atoms with E-state index in [1.54, 1.807) is 0 Å². The molecule has 0 spiro atoms. The van der Waals surface area contributed by atoms with Crippen molar-refractivity contribution in [1.29, 1.82) is 0 Å². The minimum absolute atomic E-state index is 0.213. The lowest BCUT2D eigenvalue weighted by Gasteiger charge is -2.03. The molecule has 78 valence electrons. The maximum Gasteiger partial charge on any atom is 0.137 e. The highest BCUT2D eigenvalue weighted by Gasteiger charge is 2.20. The van der Waals surface area contributed by atoms with Gasteiger partial charge in [-0.3, -0.25) is 0 Å². The number of aryl methyl sites for hydroxylation is 1. The largest absolute Gasteiger partial charge is 0.372 e. The van der Waals surface area contributed by atoms with Gasteiger partial charge >= 0.3 is 0 Å². The summed E-state index contributed by atoms with van der Waals surface area (Å²) >= 11 is 0. The molecule has 15 heavy (non-hydrogen) atoms. The smallest absolute Gasteiger partial charge is 0.137 e. The highest BCUT2D eigenvalue weighted by atomic mass is 16.5. The van der Waals surface area contributed by atoms with E-state index in [-0.39, 0.29) is 6.10 Å². The van der Waals surface area contributed by atoms with Crippen LogP contribution >= 0.6 is 0 Å². The van der Waals surface area contributed by atoms with Gasteiger partial charge < -0.3 is 9.14 Å². The van der Waals surface area contributed by atoms with Crippen LogP contribution in [0, 0.1) is 6.92 Å². The van der Waals surface area contributed by atoms with Crippen molar-refractivity contribution in [3.05, 3.63) is 35.8 Å². The standard InChI is InChI=1S/C12H14N2O/c1-9-4-5-12-13-10(8-14(12)7-9)11-3-2-6-15-11/h4-5,7-8,11H,2-3,6H2,1H3. The summed E-state index contributed by atoms with van der Waals surface area (Å²) in [6.07, 6.45) is 6.64. The normalized spacial score (nSPS) is 21.3. The van der Waals surface area contributed by atoms with Gasteiger partial charge in [0.05, 0.1) is 5.69 Å². The van der Waals surface area contributed by atoms with Crippen LogP contribution in [0.15, 0.2) is 24.5 Å². The first-order valence-electron chi connectivity index (χ1n) is 5.40. The van der Waals surface area contributed by atoms with Gasteiger partial charge in [-0.2, -0.15) is 0 Å². The molecule has 0 bridgehead atoms. The molecule has 3 rings (SSSR count). The van der Waals surface area contributed by atoms with Gasteiger partial charge in [0.15, 0.2) is 0 Å². The number of ether oxygens (including phenoxy) is 1.